The summed E-state index contributed by atoms with van der Waals surface area (Å²) in [4.78, 5) is 11.1. The van der Waals surface area contributed by atoms with E-state index in [0.717, 1.165) is 18.2 Å². The lowest BCUT2D eigenvalue weighted by Crippen LogP contribution is -2.25. The minimum Gasteiger partial charge on any atom is -0.491 e. The number of carbonyl (C=O) groups is 1. The molecular weight excluding hydrogens is 306 g/mol. The van der Waals surface area contributed by atoms with Crippen molar-refractivity contribution in [2.24, 2.45) is 0 Å². The van der Waals surface area contributed by atoms with E-state index in [-0.39, 0.29) is 24.7 Å². The van der Waals surface area contributed by atoms with E-state index in [1.54, 1.807) is 24.3 Å². The van der Waals surface area contributed by atoms with Gasteiger partial charge in [-0.3, -0.25) is 4.79 Å². The van der Waals surface area contributed by atoms with Crippen molar-refractivity contribution in [3.8, 4) is 11.5 Å². The summed E-state index contributed by atoms with van der Waals surface area (Å²) in [6.07, 6.45) is -0.978. The number of ether oxygens (including phenoxy) is 2. The van der Waals surface area contributed by atoms with Gasteiger partial charge in [-0.2, -0.15) is 0 Å². The van der Waals surface area contributed by atoms with Gasteiger partial charge in [0, 0.05) is 23.8 Å². The molecule has 2 rings (SSSR count). The molecular formula is C17H16F2O4. The third-order valence-electron chi connectivity index (χ3n) is 2.98. The highest BCUT2D eigenvalue weighted by Crippen LogP contribution is 2.16. The summed E-state index contributed by atoms with van der Waals surface area (Å²) < 4.78 is 36.4. The zero-order valence-corrected chi connectivity index (χ0v) is 12.5. The largest absolute Gasteiger partial charge is 0.491 e. The molecule has 1 N–H and O–H groups in total. The highest BCUT2D eigenvalue weighted by Gasteiger charge is 2.09. The average molecular weight is 322 g/mol. The lowest BCUT2D eigenvalue weighted by molar-refractivity contribution is 0.0624. The maximum Gasteiger partial charge on any atom is 0.159 e. The first-order valence-electron chi connectivity index (χ1n) is 6.95. The molecule has 4 nitrogen and oxygen atoms in total. The Hall–Kier alpha value is -2.47. The van der Waals surface area contributed by atoms with E-state index in [1.165, 1.54) is 6.92 Å². The second-order valence-corrected chi connectivity index (χ2v) is 4.96. The number of aliphatic hydroxyl groups excluding tert-OH is 1. The maximum absolute atomic E-state index is 13.0. The lowest BCUT2D eigenvalue weighted by Gasteiger charge is -2.14. The summed E-state index contributed by atoms with van der Waals surface area (Å²) in [6, 6.07) is 9.26. The van der Waals surface area contributed by atoms with Crippen LogP contribution in [0.4, 0.5) is 8.78 Å². The monoisotopic (exact) mass is 322 g/mol. The van der Waals surface area contributed by atoms with Crippen molar-refractivity contribution in [1.29, 1.82) is 0 Å². The molecule has 0 heterocycles. The quantitative estimate of drug-likeness (QED) is 0.796. The Morgan fingerprint density at radius 1 is 1.00 bits per heavy atom. The second kappa shape index (κ2) is 7.69. The predicted molar refractivity (Wildman–Crippen MR) is 79.8 cm³/mol. The number of Topliss-reactive ketones (excluding diaryl/α,β-unsaturated/α-hetero) is 1. The molecule has 0 aliphatic rings. The fraction of sp³-hybridized carbons (Fsp3) is 0.235. The van der Waals surface area contributed by atoms with Gasteiger partial charge in [-0.1, -0.05) is 0 Å². The molecule has 0 amide bonds. The Balaban J connectivity index is 1.80. The van der Waals surface area contributed by atoms with Gasteiger partial charge in [-0.25, -0.2) is 8.78 Å². The summed E-state index contributed by atoms with van der Waals surface area (Å²) in [6.45, 7) is 1.23. The van der Waals surface area contributed by atoms with Gasteiger partial charge in [-0.15, -0.1) is 0 Å². The van der Waals surface area contributed by atoms with Gasteiger partial charge < -0.3 is 14.6 Å². The molecule has 0 bridgehead atoms. The van der Waals surface area contributed by atoms with E-state index in [4.69, 9.17) is 9.47 Å². The number of rotatable bonds is 7. The molecule has 2 aromatic rings. The van der Waals surface area contributed by atoms with Crippen LogP contribution in [0, 0.1) is 11.6 Å². The molecule has 0 saturated carbocycles. The second-order valence-electron chi connectivity index (χ2n) is 4.96. The summed E-state index contributed by atoms with van der Waals surface area (Å²) in [7, 11) is 0. The van der Waals surface area contributed by atoms with E-state index < -0.39 is 17.7 Å². The van der Waals surface area contributed by atoms with Crippen molar-refractivity contribution in [3.05, 3.63) is 59.7 Å². The van der Waals surface area contributed by atoms with Crippen LogP contribution in [0.5, 0.6) is 11.5 Å². The molecule has 0 aliphatic carbocycles. The Bertz CT molecular complexity index is 651. The van der Waals surface area contributed by atoms with Crippen LogP contribution in [-0.4, -0.2) is 30.2 Å². The number of hydrogen-bond donors (Lipinski definition) is 1. The van der Waals surface area contributed by atoms with Crippen molar-refractivity contribution in [3.63, 3.8) is 0 Å². The number of hydrogen-bond acceptors (Lipinski definition) is 4. The Kier molecular flexibility index (Phi) is 5.65. The molecule has 122 valence electrons. The molecule has 2 aromatic carbocycles. The normalized spacial score (nSPS) is 11.8. The minimum atomic E-state index is -0.978. The number of carbonyl (C=O) groups excluding carboxylic acids is 1. The minimum absolute atomic E-state index is 0.00707. The number of aliphatic hydroxyl groups is 1. The standard InChI is InChI=1S/C17H16F2O4/c1-11(20)12-2-4-16(5-3-12)22-9-15(21)10-23-17-7-13(18)6-14(19)8-17/h2-8,15,21H,9-10H2,1H3. The first-order valence-corrected chi connectivity index (χ1v) is 6.95. The topological polar surface area (TPSA) is 55.8 Å². The summed E-state index contributed by atoms with van der Waals surface area (Å²) in [5, 5.41) is 9.76. The number of ketones is 1. The first-order chi connectivity index (χ1) is 10.9. The number of benzene rings is 2. The average Bonchev–Trinajstić information content (AvgIpc) is 2.50. The van der Waals surface area contributed by atoms with Crippen LogP contribution in [-0.2, 0) is 0 Å². The van der Waals surface area contributed by atoms with E-state index >= 15 is 0 Å². The van der Waals surface area contributed by atoms with Gasteiger partial charge in [0.15, 0.2) is 5.78 Å². The van der Waals surface area contributed by atoms with Crippen LogP contribution >= 0.6 is 0 Å². The van der Waals surface area contributed by atoms with Crippen molar-refractivity contribution in [2.45, 2.75) is 13.0 Å². The SMILES string of the molecule is CC(=O)c1ccc(OCC(O)COc2cc(F)cc(F)c2)cc1. The van der Waals surface area contributed by atoms with Crippen molar-refractivity contribution >= 4 is 5.78 Å². The van der Waals surface area contributed by atoms with Crippen molar-refractivity contribution in [1.82, 2.24) is 0 Å². The van der Waals surface area contributed by atoms with Crippen LogP contribution in [0.15, 0.2) is 42.5 Å². The van der Waals surface area contributed by atoms with Crippen molar-refractivity contribution < 1.29 is 28.2 Å². The predicted octanol–water partition coefficient (Wildman–Crippen LogP) is 2.99. The third-order valence-corrected chi connectivity index (χ3v) is 2.98. The van der Waals surface area contributed by atoms with Crippen LogP contribution < -0.4 is 9.47 Å². The van der Waals surface area contributed by atoms with Crippen LogP contribution in [0.1, 0.15) is 17.3 Å². The smallest absolute Gasteiger partial charge is 0.159 e. The molecule has 0 saturated heterocycles. The molecule has 0 aromatic heterocycles. The molecule has 0 radical (unpaired) electrons. The molecule has 1 unspecified atom stereocenters. The maximum atomic E-state index is 13.0. The lowest BCUT2D eigenvalue weighted by atomic mass is 10.1. The fourth-order valence-corrected chi connectivity index (χ4v) is 1.83. The number of halogens is 2. The Morgan fingerprint density at radius 2 is 1.52 bits per heavy atom. The van der Waals surface area contributed by atoms with Gasteiger partial charge in [-0.05, 0) is 31.2 Å². The van der Waals surface area contributed by atoms with Gasteiger partial charge in [0.2, 0.25) is 0 Å². The highest BCUT2D eigenvalue weighted by molar-refractivity contribution is 5.94. The molecule has 0 fully saturated rings. The Labute approximate surface area is 132 Å². The third kappa shape index (κ3) is 5.34. The Morgan fingerprint density at radius 3 is 2.04 bits per heavy atom. The van der Waals surface area contributed by atoms with Gasteiger partial charge in [0.05, 0.1) is 0 Å². The van der Waals surface area contributed by atoms with Gasteiger partial charge >= 0.3 is 0 Å². The van der Waals surface area contributed by atoms with Gasteiger partial charge in [0.25, 0.3) is 0 Å². The summed E-state index contributed by atoms with van der Waals surface area (Å²) >= 11 is 0. The molecule has 0 spiro atoms. The van der Waals surface area contributed by atoms with E-state index in [1.807, 2.05) is 0 Å². The van der Waals surface area contributed by atoms with Gasteiger partial charge in [0.1, 0.15) is 42.5 Å². The van der Waals surface area contributed by atoms with E-state index in [2.05, 4.69) is 0 Å². The van der Waals surface area contributed by atoms with Crippen LogP contribution in [0.25, 0.3) is 0 Å². The van der Waals surface area contributed by atoms with E-state index in [0.29, 0.717) is 11.3 Å². The molecule has 6 heteroatoms. The van der Waals surface area contributed by atoms with Crippen LogP contribution in [0.2, 0.25) is 0 Å². The van der Waals surface area contributed by atoms with E-state index in [9.17, 15) is 18.7 Å². The summed E-state index contributed by atoms with van der Waals surface area (Å²) in [5.41, 5.74) is 0.564. The zero-order valence-electron chi connectivity index (χ0n) is 12.5. The molecule has 1 atom stereocenters. The zero-order chi connectivity index (χ0) is 16.8. The molecule has 23 heavy (non-hydrogen) atoms. The van der Waals surface area contributed by atoms with Crippen LogP contribution in [0.3, 0.4) is 0 Å². The first kappa shape index (κ1) is 16.9. The summed E-state index contributed by atoms with van der Waals surface area (Å²) in [5.74, 6) is -1.07. The highest BCUT2D eigenvalue weighted by atomic mass is 19.1. The molecule has 0 aliphatic heterocycles. The fourth-order valence-electron chi connectivity index (χ4n) is 1.83. The van der Waals surface area contributed by atoms with Crippen molar-refractivity contribution in [2.75, 3.05) is 13.2 Å².